The summed E-state index contributed by atoms with van der Waals surface area (Å²) in [6, 6.07) is 4.63. The van der Waals surface area contributed by atoms with Gasteiger partial charge in [-0.2, -0.15) is 0 Å². The highest BCUT2D eigenvalue weighted by molar-refractivity contribution is 5.79. The lowest BCUT2D eigenvalue weighted by molar-refractivity contribution is 0.190. The van der Waals surface area contributed by atoms with Crippen LogP contribution in [0.5, 0.6) is 0 Å². The van der Waals surface area contributed by atoms with Gasteiger partial charge in [-0.25, -0.2) is 4.39 Å². The van der Waals surface area contributed by atoms with E-state index in [-0.39, 0.29) is 5.82 Å². The first-order valence-corrected chi connectivity index (χ1v) is 7.48. The third-order valence-electron chi connectivity index (χ3n) is 4.27. The topological polar surface area (TPSA) is 29.3 Å². The lowest BCUT2D eigenvalue weighted by Gasteiger charge is -2.29. The maximum absolute atomic E-state index is 13.1. The van der Waals surface area contributed by atoms with E-state index >= 15 is 0 Å². The Bertz CT molecular complexity index is 573. The van der Waals surface area contributed by atoms with E-state index < -0.39 is 0 Å². The molecule has 0 saturated carbocycles. The third-order valence-corrected chi connectivity index (χ3v) is 4.27. The van der Waals surface area contributed by atoms with Gasteiger partial charge < -0.3 is 9.42 Å². The molecule has 20 heavy (non-hydrogen) atoms. The fourth-order valence-electron chi connectivity index (χ4n) is 2.90. The van der Waals surface area contributed by atoms with E-state index in [9.17, 15) is 4.39 Å². The van der Waals surface area contributed by atoms with E-state index in [1.54, 1.807) is 6.07 Å². The van der Waals surface area contributed by atoms with Gasteiger partial charge in [0, 0.05) is 11.5 Å². The van der Waals surface area contributed by atoms with Gasteiger partial charge in [-0.05, 0) is 63.4 Å². The normalized spacial score (nSPS) is 17.9. The summed E-state index contributed by atoms with van der Waals surface area (Å²) in [5.41, 5.74) is 1.50. The first-order valence-electron chi connectivity index (χ1n) is 7.48. The number of likely N-dealkylation sites (tertiary alicyclic amines) is 1. The second-order valence-electron chi connectivity index (χ2n) is 5.90. The van der Waals surface area contributed by atoms with Crippen molar-refractivity contribution in [3.8, 4) is 0 Å². The van der Waals surface area contributed by atoms with Gasteiger partial charge in [0.1, 0.15) is 5.82 Å². The molecule has 0 spiro atoms. The van der Waals surface area contributed by atoms with Crippen LogP contribution in [0.1, 0.15) is 31.9 Å². The summed E-state index contributed by atoms with van der Waals surface area (Å²) in [4.78, 5) is 2.53. The van der Waals surface area contributed by atoms with Gasteiger partial charge in [-0.1, -0.05) is 12.1 Å². The first kappa shape index (κ1) is 13.6. The predicted molar refractivity (Wildman–Crippen MR) is 77.1 cm³/mol. The third kappa shape index (κ3) is 3.01. The van der Waals surface area contributed by atoms with Gasteiger partial charge in [-0.15, -0.1) is 0 Å². The highest BCUT2D eigenvalue weighted by Gasteiger charge is 2.15. The smallest absolute Gasteiger partial charge is 0.170 e. The molecule has 108 valence electrons. The molecule has 0 amide bonds. The van der Waals surface area contributed by atoms with E-state index in [4.69, 9.17) is 4.52 Å². The minimum absolute atomic E-state index is 0.275. The number of piperidine rings is 1. The van der Waals surface area contributed by atoms with E-state index in [0.717, 1.165) is 36.4 Å². The van der Waals surface area contributed by atoms with Gasteiger partial charge in [-0.3, -0.25) is 0 Å². The van der Waals surface area contributed by atoms with Gasteiger partial charge in [0.2, 0.25) is 0 Å². The molecule has 2 aromatic rings. The minimum atomic E-state index is -0.275. The summed E-state index contributed by atoms with van der Waals surface area (Å²) in [7, 11) is 0. The van der Waals surface area contributed by atoms with Crippen molar-refractivity contribution >= 4 is 11.0 Å². The van der Waals surface area contributed by atoms with Crippen molar-refractivity contribution in [1.82, 2.24) is 10.1 Å². The molecule has 3 rings (SSSR count). The Balaban J connectivity index is 1.55. The van der Waals surface area contributed by atoms with Crippen LogP contribution in [0.3, 0.4) is 0 Å². The maximum atomic E-state index is 13.1. The van der Waals surface area contributed by atoms with Crippen LogP contribution in [0.2, 0.25) is 0 Å². The van der Waals surface area contributed by atoms with Crippen molar-refractivity contribution in [3.63, 3.8) is 0 Å². The van der Waals surface area contributed by atoms with E-state index in [1.807, 2.05) is 0 Å². The molecule has 1 saturated heterocycles. The van der Waals surface area contributed by atoms with E-state index in [2.05, 4.69) is 17.0 Å². The number of rotatable bonds is 4. The largest absolute Gasteiger partial charge is 0.356 e. The van der Waals surface area contributed by atoms with Crippen molar-refractivity contribution in [2.45, 2.75) is 32.6 Å². The second kappa shape index (κ2) is 5.92. The minimum Gasteiger partial charge on any atom is -0.356 e. The Kier molecular flexibility index (Phi) is 4.01. The Morgan fingerprint density at radius 2 is 2.15 bits per heavy atom. The molecule has 0 N–H and O–H groups in total. The molecule has 1 aromatic heterocycles. The van der Waals surface area contributed by atoms with Crippen LogP contribution in [0.25, 0.3) is 11.0 Å². The van der Waals surface area contributed by atoms with Gasteiger partial charge in [0.05, 0.1) is 5.69 Å². The quantitative estimate of drug-likeness (QED) is 0.854. The molecule has 4 heteroatoms. The SMILES string of the molecule is CC1CCN(CCCc2noc3cc(F)ccc23)CC1. The summed E-state index contributed by atoms with van der Waals surface area (Å²) in [5, 5.41) is 5.01. The fraction of sp³-hybridized carbons (Fsp3) is 0.562. The monoisotopic (exact) mass is 276 g/mol. The number of aromatic nitrogens is 1. The average Bonchev–Trinajstić information content (AvgIpc) is 2.83. The molecular formula is C16H21FN2O. The van der Waals surface area contributed by atoms with Crippen LogP contribution in [0, 0.1) is 11.7 Å². The van der Waals surface area contributed by atoms with Crippen LogP contribution in [0.4, 0.5) is 4.39 Å². The van der Waals surface area contributed by atoms with Crippen LogP contribution >= 0.6 is 0 Å². The standard InChI is InChI=1S/C16H21FN2O/c1-12-6-9-19(10-7-12)8-2-3-15-14-5-4-13(17)11-16(14)20-18-15/h4-5,11-12H,2-3,6-10H2,1H3. The number of nitrogens with zero attached hydrogens (tertiary/aromatic N) is 2. The number of fused-ring (bicyclic) bond motifs is 1. The van der Waals surface area contributed by atoms with Gasteiger partial charge >= 0.3 is 0 Å². The molecule has 0 atom stereocenters. The molecule has 1 aliphatic rings. The molecule has 0 unspecified atom stereocenters. The second-order valence-corrected chi connectivity index (χ2v) is 5.90. The van der Waals surface area contributed by atoms with Crippen molar-refractivity contribution in [3.05, 3.63) is 29.7 Å². The van der Waals surface area contributed by atoms with Crippen molar-refractivity contribution in [2.75, 3.05) is 19.6 Å². The molecule has 3 nitrogen and oxygen atoms in total. The van der Waals surface area contributed by atoms with Crippen LogP contribution in [0.15, 0.2) is 22.7 Å². The molecule has 0 aliphatic carbocycles. The Hall–Kier alpha value is -1.42. The number of hydrogen-bond donors (Lipinski definition) is 0. The highest BCUT2D eigenvalue weighted by atomic mass is 19.1. The molecule has 0 radical (unpaired) electrons. The predicted octanol–water partition coefficient (Wildman–Crippen LogP) is 3.63. The molecule has 0 bridgehead atoms. The number of hydrogen-bond acceptors (Lipinski definition) is 3. The summed E-state index contributed by atoms with van der Waals surface area (Å²) in [6.45, 7) is 5.87. The zero-order valence-corrected chi connectivity index (χ0v) is 11.9. The van der Waals surface area contributed by atoms with E-state index in [0.29, 0.717) is 5.58 Å². The molecule has 1 aromatic carbocycles. The van der Waals surface area contributed by atoms with Crippen LogP contribution < -0.4 is 0 Å². The zero-order valence-electron chi connectivity index (χ0n) is 11.9. The summed E-state index contributed by atoms with van der Waals surface area (Å²) in [6.07, 6.45) is 4.59. The van der Waals surface area contributed by atoms with Crippen molar-refractivity contribution in [2.24, 2.45) is 5.92 Å². The van der Waals surface area contributed by atoms with E-state index in [1.165, 1.54) is 38.1 Å². The molecular weight excluding hydrogens is 255 g/mol. The van der Waals surface area contributed by atoms with Crippen molar-refractivity contribution < 1.29 is 8.91 Å². The number of halogens is 1. The maximum Gasteiger partial charge on any atom is 0.170 e. The Morgan fingerprint density at radius 1 is 1.35 bits per heavy atom. The Morgan fingerprint density at radius 3 is 2.95 bits per heavy atom. The van der Waals surface area contributed by atoms with Crippen molar-refractivity contribution in [1.29, 1.82) is 0 Å². The van der Waals surface area contributed by atoms with Gasteiger partial charge in [0.25, 0.3) is 0 Å². The highest BCUT2D eigenvalue weighted by Crippen LogP contribution is 2.21. The van der Waals surface area contributed by atoms with Gasteiger partial charge in [0.15, 0.2) is 5.58 Å². The molecule has 1 aliphatic heterocycles. The first-order chi connectivity index (χ1) is 9.72. The lowest BCUT2D eigenvalue weighted by atomic mass is 9.99. The lowest BCUT2D eigenvalue weighted by Crippen LogP contribution is -2.33. The number of benzene rings is 1. The Labute approximate surface area is 118 Å². The molecule has 1 fully saturated rings. The average molecular weight is 276 g/mol. The summed E-state index contributed by atoms with van der Waals surface area (Å²) < 4.78 is 18.3. The summed E-state index contributed by atoms with van der Waals surface area (Å²) in [5.74, 6) is 0.600. The van der Waals surface area contributed by atoms with Crippen LogP contribution in [-0.2, 0) is 6.42 Å². The summed E-state index contributed by atoms with van der Waals surface area (Å²) >= 11 is 0. The molecule has 2 heterocycles. The van der Waals surface area contributed by atoms with Crippen LogP contribution in [-0.4, -0.2) is 29.7 Å². The number of aryl methyl sites for hydroxylation is 1. The zero-order chi connectivity index (χ0) is 13.9. The fourth-order valence-corrected chi connectivity index (χ4v) is 2.90.